The number of nitrogens with zero attached hydrogens (tertiary/aromatic N) is 2. The van der Waals surface area contributed by atoms with Crippen LogP contribution in [0.5, 0.6) is 0 Å². The molecule has 1 unspecified atom stereocenters. The molecule has 1 saturated heterocycles. The van der Waals surface area contributed by atoms with Gasteiger partial charge in [0.25, 0.3) is 11.8 Å². The van der Waals surface area contributed by atoms with Gasteiger partial charge in [0.2, 0.25) is 17.7 Å². The maximum absolute atomic E-state index is 13.1. The lowest BCUT2D eigenvalue weighted by Crippen LogP contribution is -2.54. The first-order valence-electron chi connectivity index (χ1n) is 13.2. The Bertz CT molecular complexity index is 992. The van der Waals surface area contributed by atoms with Crippen LogP contribution in [0.15, 0.2) is 18.2 Å². The molecule has 0 aliphatic carbocycles. The highest BCUT2D eigenvalue weighted by atomic mass is 16.2. The predicted octanol–water partition coefficient (Wildman–Crippen LogP) is 3.49. The summed E-state index contributed by atoms with van der Waals surface area (Å²) in [6, 6.07) is 4.11. The molecule has 9 nitrogen and oxygen atoms in total. The van der Waals surface area contributed by atoms with Gasteiger partial charge in [0.1, 0.15) is 6.04 Å². The number of fused-ring (bicyclic) bond motifs is 1. The summed E-state index contributed by atoms with van der Waals surface area (Å²) >= 11 is 0. The molecule has 5 amide bonds. The van der Waals surface area contributed by atoms with Crippen molar-refractivity contribution in [3.05, 3.63) is 29.3 Å². The van der Waals surface area contributed by atoms with E-state index < -0.39 is 29.7 Å². The van der Waals surface area contributed by atoms with Gasteiger partial charge in [-0.1, -0.05) is 38.7 Å². The zero-order valence-corrected chi connectivity index (χ0v) is 21.4. The highest BCUT2D eigenvalue weighted by Crippen LogP contribution is 2.32. The number of piperidine rings is 1. The summed E-state index contributed by atoms with van der Waals surface area (Å²) in [5.41, 5.74) is 1.15. The van der Waals surface area contributed by atoms with Crippen LogP contribution in [0.1, 0.15) is 98.8 Å². The third kappa shape index (κ3) is 6.50. The normalized spacial score (nSPS) is 17.3. The summed E-state index contributed by atoms with van der Waals surface area (Å²) in [7, 11) is 0. The van der Waals surface area contributed by atoms with Crippen molar-refractivity contribution in [1.29, 1.82) is 0 Å². The van der Waals surface area contributed by atoms with Crippen LogP contribution < -0.4 is 10.6 Å². The van der Waals surface area contributed by atoms with E-state index in [9.17, 15) is 24.0 Å². The minimum Gasteiger partial charge on any atom is -0.384 e. The fourth-order valence-corrected chi connectivity index (χ4v) is 4.78. The first kappa shape index (κ1) is 27.4. The van der Waals surface area contributed by atoms with Gasteiger partial charge in [-0.2, -0.15) is 0 Å². The Balaban J connectivity index is 1.43. The monoisotopic (exact) mass is 498 g/mol. The average molecular weight is 499 g/mol. The summed E-state index contributed by atoms with van der Waals surface area (Å²) in [5, 5.41) is 5.49. The molecule has 0 aromatic heterocycles. The quantitative estimate of drug-likeness (QED) is 0.300. The fourth-order valence-electron chi connectivity index (χ4n) is 4.78. The molecular weight excluding hydrogens is 460 g/mol. The number of hydrogen-bond donors (Lipinski definition) is 2. The Hall–Kier alpha value is -3.23. The van der Waals surface area contributed by atoms with Gasteiger partial charge in [-0.15, -0.1) is 0 Å². The molecule has 1 aromatic rings. The van der Waals surface area contributed by atoms with Crippen LogP contribution in [0.25, 0.3) is 0 Å². The Morgan fingerprint density at radius 2 is 1.78 bits per heavy atom. The third-order valence-electron chi connectivity index (χ3n) is 6.87. The molecule has 0 saturated carbocycles. The van der Waals surface area contributed by atoms with Crippen molar-refractivity contribution in [3.63, 3.8) is 0 Å². The van der Waals surface area contributed by atoms with Gasteiger partial charge >= 0.3 is 0 Å². The maximum atomic E-state index is 13.1. The van der Waals surface area contributed by atoms with E-state index in [4.69, 9.17) is 0 Å². The number of nitrogens with one attached hydrogen (secondary N) is 2. The van der Waals surface area contributed by atoms with E-state index in [1.165, 1.54) is 0 Å². The van der Waals surface area contributed by atoms with Crippen molar-refractivity contribution < 1.29 is 24.0 Å². The largest absolute Gasteiger partial charge is 0.384 e. The lowest BCUT2D eigenvalue weighted by molar-refractivity contribution is -0.136. The molecule has 1 fully saturated rings. The molecule has 1 atom stereocenters. The lowest BCUT2D eigenvalue weighted by atomic mass is 10.0. The van der Waals surface area contributed by atoms with Gasteiger partial charge in [-0.25, -0.2) is 0 Å². The number of rotatable bonds is 14. The van der Waals surface area contributed by atoms with Gasteiger partial charge < -0.3 is 10.2 Å². The van der Waals surface area contributed by atoms with Crippen molar-refractivity contribution >= 4 is 35.2 Å². The van der Waals surface area contributed by atoms with Crippen LogP contribution in [-0.4, -0.2) is 65.0 Å². The van der Waals surface area contributed by atoms with E-state index in [-0.39, 0.29) is 29.9 Å². The molecular formula is C27H38N4O5. The average Bonchev–Trinajstić information content (AvgIpc) is 3.11. The molecule has 2 N–H and O–H groups in total. The first-order valence-corrected chi connectivity index (χ1v) is 13.2. The van der Waals surface area contributed by atoms with E-state index in [1.54, 1.807) is 18.2 Å². The molecule has 9 heteroatoms. The number of imide groups is 2. The second kappa shape index (κ2) is 13.2. The zero-order valence-electron chi connectivity index (χ0n) is 21.4. The Kier molecular flexibility index (Phi) is 10.0. The predicted molar refractivity (Wildman–Crippen MR) is 136 cm³/mol. The fraction of sp³-hybridized carbons (Fsp3) is 0.593. The molecule has 3 rings (SSSR count). The maximum Gasteiger partial charge on any atom is 0.264 e. The number of carbonyl (C=O) groups is 5. The number of unbranched alkanes of at least 4 members (excludes halogenated alkanes) is 5. The van der Waals surface area contributed by atoms with Crippen LogP contribution in [0.2, 0.25) is 0 Å². The molecule has 0 radical (unpaired) electrons. The van der Waals surface area contributed by atoms with Gasteiger partial charge in [0, 0.05) is 38.2 Å². The standard InChI is InChI=1S/C27H38N4O5/c1-3-5-18-30(4-2)23(33)14-9-7-6-8-10-17-28-20-13-11-12-19-24(20)27(36)31(26(19)35)21-15-16-22(32)29-25(21)34/h11-13,21,28H,3-10,14-18H2,1-2H3,(H,29,32,34). The number of benzene rings is 1. The summed E-state index contributed by atoms with van der Waals surface area (Å²) in [6.07, 6.45) is 7.80. The van der Waals surface area contributed by atoms with E-state index in [2.05, 4.69) is 17.6 Å². The third-order valence-corrected chi connectivity index (χ3v) is 6.87. The molecule has 0 bridgehead atoms. The zero-order chi connectivity index (χ0) is 26.1. The van der Waals surface area contributed by atoms with Crippen molar-refractivity contribution in [2.75, 3.05) is 25.0 Å². The topological polar surface area (TPSA) is 116 Å². The summed E-state index contributed by atoms with van der Waals surface area (Å²) in [6.45, 7) is 6.42. The van der Waals surface area contributed by atoms with Crippen LogP contribution in [0.3, 0.4) is 0 Å². The summed E-state index contributed by atoms with van der Waals surface area (Å²) in [5.74, 6) is -1.76. The molecule has 2 aliphatic heterocycles. The smallest absolute Gasteiger partial charge is 0.264 e. The molecule has 0 spiro atoms. The number of carbonyl (C=O) groups excluding carboxylic acids is 5. The van der Waals surface area contributed by atoms with E-state index >= 15 is 0 Å². The van der Waals surface area contributed by atoms with Gasteiger partial charge in [0.05, 0.1) is 11.1 Å². The summed E-state index contributed by atoms with van der Waals surface area (Å²) < 4.78 is 0. The molecule has 2 heterocycles. The van der Waals surface area contributed by atoms with E-state index in [0.29, 0.717) is 18.7 Å². The van der Waals surface area contributed by atoms with Crippen LogP contribution in [-0.2, 0) is 14.4 Å². The van der Waals surface area contributed by atoms with Gasteiger partial charge in [-0.05, 0) is 44.7 Å². The van der Waals surface area contributed by atoms with Crippen LogP contribution in [0.4, 0.5) is 5.69 Å². The van der Waals surface area contributed by atoms with Crippen molar-refractivity contribution in [1.82, 2.24) is 15.1 Å². The number of amides is 5. The SMILES string of the molecule is CCCCN(CC)C(=O)CCCCCCCNc1cccc2c1C(=O)N(C1CCC(=O)NC1=O)C2=O. The van der Waals surface area contributed by atoms with Crippen LogP contribution >= 0.6 is 0 Å². The highest BCUT2D eigenvalue weighted by molar-refractivity contribution is 6.25. The van der Waals surface area contributed by atoms with Crippen molar-refractivity contribution in [2.24, 2.45) is 0 Å². The first-order chi connectivity index (χ1) is 17.4. The molecule has 2 aliphatic rings. The Labute approximate surface area is 213 Å². The molecule has 1 aromatic carbocycles. The summed E-state index contributed by atoms with van der Waals surface area (Å²) in [4.78, 5) is 65.0. The van der Waals surface area contributed by atoms with Crippen molar-refractivity contribution in [2.45, 2.75) is 84.1 Å². The second-order valence-corrected chi connectivity index (χ2v) is 9.45. The minimum absolute atomic E-state index is 0.0960. The van der Waals surface area contributed by atoms with Gasteiger partial charge in [-0.3, -0.25) is 34.2 Å². The Morgan fingerprint density at radius 3 is 2.50 bits per heavy atom. The van der Waals surface area contributed by atoms with Gasteiger partial charge in [0.15, 0.2) is 0 Å². The van der Waals surface area contributed by atoms with E-state index in [1.807, 2.05) is 11.8 Å². The second-order valence-electron chi connectivity index (χ2n) is 9.45. The molecule has 36 heavy (non-hydrogen) atoms. The Morgan fingerprint density at radius 1 is 1.03 bits per heavy atom. The van der Waals surface area contributed by atoms with Crippen molar-refractivity contribution in [3.8, 4) is 0 Å². The molecule has 196 valence electrons. The lowest BCUT2D eigenvalue weighted by Gasteiger charge is -2.27. The van der Waals surface area contributed by atoms with Crippen LogP contribution in [0, 0.1) is 0 Å². The number of anilines is 1. The van der Waals surface area contributed by atoms with E-state index in [0.717, 1.165) is 62.9 Å². The number of hydrogen-bond acceptors (Lipinski definition) is 6. The minimum atomic E-state index is -0.967. The highest BCUT2D eigenvalue weighted by Gasteiger charge is 2.45.